The van der Waals surface area contributed by atoms with Gasteiger partial charge < -0.3 is 14.5 Å². The molecule has 0 bridgehead atoms. The fourth-order valence-corrected chi connectivity index (χ4v) is 4.00. The number of benzene rings is 2. The molecule has 2 aromatic carbocycles. The van der Waals surface area contributed by atoms with E-state index in [0.29, 0.717) is 9.47 Å². The van der Waals surface area contributed by atoms with Crippen LogP contribution >= 0.6 is 23.1 Å². The van der Waals surface area contributed by atoms with Crippen molar-refractivity contribution in [2.75, 3.05) is 11.1 Å². The van der Waals surface area contributed by atoms with Crippen LogP contribution in [0.25, 0.3) is 0 Å². The molecule has 2 aromatic heterocycles. The molecule has 2 heterocycles. The van der Waals surface area contributed by atoms with Gasteiger partial charge in [0.15, 0.2) is 10.1 Å². The SMILES string of the molecule is O=C(CSc1nnc(Nc2ccc(Oc3ccccc3)cc2)s1)NNC(=O)c1ccco1. The van der Waals surface area contributed by atoms with Crippen LogP contribution in [0.15, 0.2) is 81.8 Å². The highest BCUT2D eigenvalue weighted by molar-refractivity contribution is 8.01. The van der Waals surface area contributed by atoms with Crippen LogP contribution in [0.5, 0.6) is 11.5 Å². The highest BCUT2D eigenvalue weighted by atomic mass is 32.2. The Balaban J connectivity index is 1.22. The van der Waals surface area contributed by atoms with Gasteiger partial charge in [-0.15, -0.1) is 10.2 Å². The Morgan fingerprint density at radius 1 is 0.938 bits per heavy atom. The number of anilines is 2. The highest BCUT2D eigenvalue weighted by Gasteiger charge is 2.11. The van der Waals surface area contributed by atoms with Gasteiger partial charge in [0.1, 0.15) is 11.5 Å². The van der Waals surface area contributed by atoms with Crippen LogP contribution in [-0.4, -0.2) is 27.8 Å². The summed E-state index contributed by atoms with van der Waals surface area (Å²) in [6, 6.07) is 20.1. The molecule has 0 aliphatic rings. The molecule has 4 aromatic rings. The van der Waals surface area contributed by atoms with Crippen molar-refractivity contribution in [2.45, 2.75) is 4.34 Å². The Hall–Kier alpha value is -3.83. The first kappa shape index (κ1) is 21.4. The minimum absolute atomic E-state index is 0.0680. The van der Waals surface area contributed by atoms with Gasteiger partial charge in [-0.25, -0.2) is 0 Å². The van der Waals surface area contributed by atoms with Crippen LogP contribution < -0.4 is 20.9 Å². The van der Waals surface area contributed by atoms with E-state index in [0.717, 1.165) is 17.2 Å². The Morgan fingerprint density at radius 2 is 1.72 bits per heavy atom. The van der Waals surface area contributed by atoms with Gasteiger partial charge in [-0.2, -0.15) is 0 Å². The minimum atomic E-state index is -0.532. The van der Waals surface area contributed by atoms with E-state index in [-0.39, 0.29) is 17.4 Å². The number of ether oxygens (including phenoxy) is 1. The second kappa shape index (κ2) is 10.5. The maximum absolute atomic E-state index is 11.9. The van der Waals surface area contributed by atoms with E-state index in [2.05, 4.69) is 26.4 Å². The second-order valence-corrected chi connectivity index (χ2v) is 8.41. The summed E-state index contributed by atoms with van der Waals surface area (Å²) in [6.07, 6.45) is 1.38. The fourth-order valence-electron chi connectivity index (χ4n) is 2.43. The van der Waals surface area contributed by atoms with Crippen LogP contribution in [-0.2, 0) is 4.79 Å². The standard InChI is InChI=1S/C21H17N5O4S2/c27-18(23-24-19(28)17-7-4-12-29-17)13-31-21-26-25-20(32-21)22-14-8-10-16(11-9-14)30-15-5-2-1-3-6-15/h1-12H,13H2,(H,22,25)(H,23,27)(H,24,28). The van der Waals surface area contributed by atoms with Crippen molar-refractivity contribution in [1.82, 2.24) is 21.0 Å². The first-order valence-corrected chi connectivity index (χ1v) is 11.1. The number of nitrogens with zero attached hydrogens (tertiary/aromatic N) is 2. The van der Waals surface area contributed by atoms with Gasteiger partial charge in [0, 0.05) is 5.69 Å². The summed E-state index contributed by atoms with van der Waals surface area (Å²) in [5.41, 5.74) is 5.43. The molecule has 162 valence electrons. The first-order chi connectivity index (χ1) is 15.7. The van der Waals surface area contributed by atoms with Gasteiger partial charge in [-0.1, -0.05) is 41.3 Å². The third-order valence-corrected chi connectivity index (χ3v) is 5.85. The number of para-hydroxylation sites is 1. The van der Waals surface area contributed by atoms with Crippen molar-refractivity contribution in [3.63, 3.8) is 0 Å². The van der Waals surface area contributed by atoms with E-state index in [1.165, 1.54) is 35.4 Å². The van der Waals surface area contributed by atoms with E-state index >= 15 is 0 Å². The van der Waals surface area contributed by atoms with Crippen molar-refractivity contribution in [3.05, 3.63) is 78.8 Å². The topological polar surface area (TPSA) is 118 Å². The summed E-state index contributed by atoms with van der Waals surface area (Å²) in [6.45, 7) is 0. The van der Waals surface area contributed by atoms with E-state index in [9.17, 15) is 9.59 Å². The number of carbonyl (C=O) groups excluding carboxylic acids is 2. The van der Waals surface area contributed by atoms with Crippen molar-refractivity contribution >= 4 is 45.7 Å². The number of hydrazine groups is 1. The van der Waals surface area contributed by atoms with Crippen LogP contribution in [0, 0.1) is 0 Å². The Morgan fingerprint density at radius 3 is 2.47 bits per heavy atom. The molecule has 0 radical (unpaired) electrons. The summed E-state index contributed by atoms with van der Waals surface area (Å²) < 4.78 is 11.3. The molecule has 0 aliphatic carbocycles. The summed E-state index contributed by atoms with van der Waals surface area (Å²) in [5.74, 6) is 0.754. The summed E-state index contributed by atoms with van der Waals surface area (Å²) in [7, 11) is 0. The predicted molar refractivity (Wildman–Crippen MR) is 121 cm³/mol. The van der Waals surface area contributed by atoms with E-state index in [1.54, 1.807) is 6.07 Å². The number of rotatable bonds is 8. The zero-order valence-corrected chi connectivity index (χ0v) is 18.1. The largest absolute Gasteiger partial charge is 0.459 e. The van der Waals surface area contributed by atoms with Crippen LogP contribution in [0.4, 0.5) is 10.8 Å². The number of hydrogen-bond acceptors (Lipinski definition) is 9. The monoisotopic (exact) mass is 467 g/mol. The number of hydrogen-bond donors (Lipinski definition) is 3. The molecule has 2 amide bonds. The highest BCUT2D eigenvalue weighted by Crippen LogP contribution is 2.29. The molecule has 9 nitrogen and oxygen atoms in total. The normalized spacial score (nSPS) is 10.4. The zero-order valence-electron chi connectivity index (χ0n) is 16.5. The maximum Gasteiger partial charge on any atom is 0.305 e. The Kier molecular flexibility index (Phi) is 7.00. The molecule has 3 N–H and O–H groups in total. The summed E-state index contributed by atoms with van der Waals surface area (Å²) >= 11 is 2.53. The van der Waals surface area contributed by atoms with E-state index in [1.807, 2.05) is 54.6 Å². The lowest BCUT2D eigenvalue weighted by Gasteiger charge is -2.07. The molecular weight excluding hydrogens is 450 g/mol. The van der Waals surface area contributed by atoms with Crippen molar-refractivity contribution < 1.29 is 18.7 Å². The molecular formula is C21H17N5O4S2. The van der Waals surface area contributed by atoms with Crippen LogP contribution in [0.1, 0.15) is 10.6 Å². The number of thioether (sulfide) groups is 1. The van der Waals surface area contributed by atoms with Gasteiger partial charge in [0.05, 0.1) is 12.0 Å². The van der Waals surface area contributed by atoms with Crippen LogP contribution in [0.3, 0.4) is 0 Å². The second-order valence-electron chi connectivity index (χ2n) is 6.21. The molecule has 0 fully saturated rings. The van der Waals surface area contributed by atoms with Crippen molar-refractivity contribution in [2.24, 2.45) is 0 Å². The molecule has 0 atom stereocenters. The van der Waals surface area contributed by atoms with E-state index < -0.39 is 5.91 Å². The van der Waals surface area contributed by atoms with Crippen molar-refractivity contribution in [1.29, 1.82) is 0 Å². The van der Waals surface area contributed by atoms with Gasteiger partial charge in [-0.05, 0) is 48.5 Å². The van der Waals surface area contributed by atoms with Crippen LogP contribution in [0.2, 0.25) is 0 Å². The Labute approximate surface area is 191 Å². The number of furan rings is 1. The van der Waals surface area contributed by atoms with Gasteiger partial charge in [0.2, 0.25) is 11.0 Å². The fraction of sp³-hybridized carbons (Fsp3) is 0.0476. The van der Waals surface area contributed by atoms with E-state index in [4.69, 9.17) is 9.15 Å². The molecule has 0 saturated heterocycles. The number of amides is 2. The smallest absolute Gasteiger partial charge is 0.305 e. The molecule has 32 heavy (non-hydrogen) atoms. The molecule has 0 unspecified atom stereocenters. The molecule has 0 spiro atoms. The lowest BCUT2D eigenvalue weighted by Crippen LogP contribution is -2.42. The average molecular weight is 468 g/mol. The van der Waals surface area contributed by atoms with Crippen molar-refractivity contribution in [3.8, 4) is 11.5 Å². The third-order valence-electron chi connectivity index (χ3n) is 3.88. The molecule has 0 aliphatic heterocycles. The maximum atomic E-state index is 11.9. The lowest BCUT2D eigenvalue weighted by molar-refractivity contribution is -0.119. The molecule has 0 saturated carbocycles. The Bertz CT molecular complexity index is 1160. The quantitative estimate of drug-likeness (QED) is 0.260. The minimum Gasteiger partial charge on any atom is -0.459 e. The molecule has 4 rings (SSSR count). The number of aromatic nitrogens is 2. The number of nitrogens with one attached hydrogen (secondary N) is 3. The lowest BCUT2D eigenvalue weighted by atomic mass is 10.3. The third kappa shape index (κ3) is 6.09. The average Bonchev–Trinajstić information content (AvgIpc) is 3.51. The molecule has 11 heteroatoms. The number of carbonyl (C=O) groups is 2. The summed E-state index contributed by atoms with van der Waals surface area (Å²) in [4.78, 5) is 23.6. The van der Waals surface area contributed by atoms with Gasteiger partial charge in [-0.3, -0.25) is 20.4 Å². The van der Waals surface area contributed by atoms with Gasteiger partial charge >= 0.3 is 5.91 Å². The predicted octanol–water partition coefficient (Wildman–Crippen LogP) is 4.22. The van der Waals surface area contributed by atoms with Gasteiger partial charge in [0.25, 0.3) is 0 Å². The summed E-state index contributed by atoms with van der Waals surface area (Å²) in [5, 5.41) is 11.9. The zero-order chi connectivity index (χ0) is 22.2. The first-order valence-electron chi connectivity index (χ1n) is 9.35.